The molecule has 8 nitrogen and oxygen atoms in total. The highest BCUT2D eigenvalue weighted by Gasteiger charge is 2.60. The third-order valence-electron chi connectivity index (χ3n) is 8.43. The zero-order valence-corrected chi connectivity index (χ0v) is 25.2. The minimum Gasteiger partial charge on any atom is -0.489 e. The molecular weight excluding hydrogens is 609 g/mol. The molecule has 8 rings (SSSR count). The van der Waals surface area contributed by atoms with E-state index in [-0.39, 0.29) is 12.5 Å². The smallest absolute Gasteiger partial charge is 0.337 e. The molecule has 3 aromatic carbocycles. The summed E-state index contributed by atoms with van der Waals surface area (Å²) < 4.78 is 17.8. The maximum absolute atomic E-state index is 13.8. The van der Waals surface area contributed by atoms with Crippen molar-refractivity contribution in [1.82, 2.24) is 10.1 Å². The number of anilines is 2. The molecule has 216 valence electrons. The zero-order valence-electron chi connectivity index (χ0n) is 22.9. The van der Waals surface area contributed by atoms with E-state index in [1.54, 1.807) is 41.3 Å². The molecule has 2 aromatic heterocycles. The van der Waals surface area contributed by atoms with E-state index < -0.39 is 11.4 Å². The van der Waals surface area contributed by atoms with Crippen LogP contribution in [-0.4, -0.2) is 29.1 Å². The number of fused-ring (bicyclic) bond motifs is 3. The van der Waals surface area contributed by atoms with E-state index in [1.807, 2.05) is 18.2 Å². The van der Waals surface area contributed by atoms with Gasteiger partial charge in [0.2, 0.25) is 5.91 Å². The lowest BCUT2D eigenvalue weighted by molar-refractivity contribution is -0.119. The Kier molecular flexibility index (Phi) is 6.08. The molecule has 1 spiro atoms. The first kappa shape index (κ1) is 26.7. The molecule has 0 radical (unpaired) electrons. The third-order valence-corrected chi connectivity index (χ3v) is 10.1. The van der Waals surface area contributed by atoms with Crippen LogP contribution in [0, 0.1) is 0 Å². The van der Waals surface area contributed by atoms with Crippen molar-refractivity contribution in [3.8, 4) is 17.0 Å². The van der Waals surface area contributed by atoms with Crippen LogP contribution in [0.1, 0.15) is 58.8 Å². The van der Waals surface area contributed by atoms with Crippen molar-refractivity contribution < 1.29 is 23.6 Å². The monoisotopic (exact) mass is 631 g/mol. The number of benzene rings is 3. The number of hydrogen-bond acceptors (Lipinski definition) is 8. The van der Waals surface area contributed by atoms with Crippen molar-refractivity contribution in [1.29, 1.82) is 0 Å². The molecule has 2 aliphatic carbocycles. The second kappa shape index (κ2) is 9.80. The van der Waals surface area contributed by atoms with Gasteiger partial charge in [0, 0.05) is 11.5 Å². The molecule has 0 atom stereocenters. The molecule has 3 aliphatic rings. The predicted octanol–water partition coefficient (Wildman–Crippen LogP) is 8.21. The Balaban J connectivity index is 1.12. The van der Waals surface area contributed by atoms with Crippen LogP contribution in [-0.2, 0) is 21.6 Å². The topological polar surface area (TPSA) is 94.8 Å². The van der Waals surface area contributed by atoms with E-state index in [1.165, 1.54) is 18.4 Å². The molecular formula is C32H23Cl2N3O5S. The number of rotatable bonds is 7. The zero-order chi connectivity index (χ0) is 29.5. The number of carbonyl (C=O) groups excluding carboxylic acids is 2. The van der Waals surface area contributed by atoms with Gasteiger partial charge in [-0.3, -0.25) is 9.69 Å². The van der Waals surface area contributed by atoms with Gasteiger partial charge in [-0.05, 0) is 79.8 Å². The Morgan fingerprint density at radius 3 is 2.63 bits per heavy atom. The number of amides is 1. The summed E-state index contributed by atoms with van der Waals surface area (Å²) in [5, 5.41) is 5.91. The number of aromatic nitrogens is 2. The molecule has 3 heterocycles. The Morgan fingerprint density at radius 1 is 1.12 bits per heavy atom. The summed E-state index contributed by atoms with van der Waals surface area (Å²) in [6.45, 7) is 0.218. The van der Waals surface area contributed by atoms with E-state index in [4.69, 9.17) is 42.2 Å². The van der Waals surface area contributed by atoms with Crippen LogP contribution in [0.2, 0.25) is 10.0 Å². The van der Waals surface area contributed by atoms with Crippen LogP contribution in [0.15, 0.2) is 59.1 Å². The standard InChI is InChI=1S/C32H23Cl2N3O5S/c1-40-29(38)17-7-9-23-25(13-17)43-31(35-23)37-24-10-8-18(14-20(24)32(11-12-32)30(37)39)41-15-19-27(36-42-28(19)16-5-6-16)26-21(33)3-2-4-22(26)34/h2-4,7-10,13-14,16H,5-6,11-12,15H2,1H3. The van der Waals surface area contributed by atoms with Crippen molar-refractivity contribution >= 4 is 67.5 Å². The fraction of sp³-hybridized carbons (Fsp3) is 0.250. The third kappa shape index (κ3) is 4.24. The van der Waals surface area contributed by atoms with E-state index in [9.17, 15) is 9.59 Å². The summed E-state index contributed by atoms with van der Waals surface area (Å²) in [5.74, 6) is 1.35. The molecule has 2 fully saturated rings. The number of thiazole rings is 1. The van der Waals surface area contributed by atoms with Crippen molar-refractivity contribution in [2.24, 2.45) is 0 Å². The SMILES string of the molecule is COC(=O)c1ccc2nc(N3C(=O)C4(CC4)c4cc(OCc5c(-c6c(Cl)cccc6Cl)noc5C5CC5)ccc43)sc2c1. The van der Waals surface area contributed by atoms with Gasteiger partial charge in [0.1, 0.15) is 23.8 Å². The van der Waals surface area contributed by atoms with E-state index in [2.05, 4.69) is 5.16 Å². The van der Waals surface area contributed by atoms with Gasteiger partial charge >= 0.3 is 5.97 Å². The molecule has 11 heteroatoms. The highest BCUT2D eigenvalue weighted by molar-refractivity contribution is 7.22. The second-order valence-corrected chi connectivity index (χ2v) is 12.9. The second-order valence-electron chi connectivity index (χ2n) is 11.1. The van der Waals surface area contributed by atoms with Crippen LogP contribution < -0.4 is 9.64 Å². The summed E-state index contributed by atoms with van der Waals surface area (Å²) in [6.07, 6.45) is 3.60. The first-order chi connectivity index (χ1) is 20.9. The highest BCUT2D eigenvalue weighted by Crippen LogP contribution is 2.60. The Hall–Kier alpha value is -3.92. The molecule has 1 amide bonds. The average Bonchev–Trinajstić information content (AvgIpc) is 3.92. The van der Waals surface area contributed by atoms with Gasteiger partial charge in [-0.1, -0.05) is 45.8 Å². The Labute approximate surface area is 260 Å². The Bertz CT molecular complexity index is 1960. The summed E-state index contributed by atoms with van der Waals surface area (Å²) in [6, 6.07) is 16.3. The Morgan fingerprint density at radius 2 is 1.91 bits per heavy atom. The van der Waals surface area contributed by atoms with E-state index >= 15 is 0 Å². The molecule has 43 heavy (non-hydrogen) atoms. The van der Waals surface area contributed by atoms with Gasteiger partial charge in [-0.25, -0.2) is 9.78 Å². The van der Waals surface area contributed by atoms with Crippen LogP contribution in [0.25, 0.3) is 21.5 Å². The van der Waals surface area contributed by atoms with Gasteiger partial charge in [-0.15, -0.1) is 0 Å². The fourth-order valence-electron chi connectivity index (χ4n) is 5.88. The van der Waals surface area contributed by atoms with Crippen LogP contribution in [0.3, 0.4) is 0 Å². The lowest BCUT2D eigenvalue weighted by Crippen LogP contribution is -2.27. The summed E-state index contributed by atoms with van der Waals surface area (Å²) in [7, 11) is 1.35. The lowest BCUT2D eigenvalue weighted by Gasteiger charge is -2.14. The van der Waals surface area contributed by atoms with E-state index in [0.717, 1.165) is 53.0 Å². The number of halogens is 2. The van der Waals surface area contributed by atoms with Crippen LogP contribution >= 0.6 is 34.5 Å². The maximum Gasteiger partial charge on any atom is 0.337 e. The van der Waals surface area contributed by atoms with Crippen LogP contribution in [0.4, 0.5) is 10.8 Å². The molecule has 2 saturated carbocycles. The first-order valence-electron chi connectivity index (χ1n) is 13.9. The molecule has 0 unspecified atom stereocenters. The molecule has 0 bridgehead atoms. The van der Waals surface area contributed by atoms with Gasteiger partial charge in [0.15, 0.2) is 5.13 Å². The summed E-state index contributed by atoms with van der Waals surface area (Å²) in [5.41, 5.74) is 4.37. The number of nitrogens with zero attached hydrogens (tertiary/aromatic N) is 3. The first-order valence-corrected chi connectivity index (χ1v) is 15.5. The van der Waals surface area contributed by atoms with Crippen molar-refractivity contribution in [2.45, 2.75) is 43.6 Å². The molecule has 0 N–H and O–H groups in total. The molecule has 1 aliphatic heterocycles. The lowest BCUT2D eigenvalue weighted by atomic mass is 9.98. The minimum atomic E-state index is -0.573. The van der Waals surface area contributed by atoms with Crippen molar-refractivity contribution in [3.63, 3.8) is 0 Å². The predicted molar refractivity (Wildman–Crippen MR) is 164 cm³/mol. The van der Waals surface area contributed by atoms with Crippen molar-refractivity contribution in [3.05, 3.63) is 87.1 Å². The number of hydrogen-bond donors (Lipinski definition) is 0. The van der Waals surface area contributed by atoms with Gasteiger partial charge in [0.25, 0.3) is 0 Å². The normalized spacial score (nSPS) is 16.6. The highest BCUT2D eigenvalue weighted by atomic mass is 35.5. The largest absolute Gasteiger partial charge is 0.489 e. The van der Waals surface area contributed by atoms with E-state index in [0.29, 0.717) is 49.2 Å². The summed E-state index contributed by atoms with van der Waals surface area (Å²) >= 11 is 14.4. The number of ether oxygens (including phenoxy) is 2. The number of methoxy groups -OCH3 is 1. The maximum atomic E-state index is 13.8. The number of esters is 1. The molecule has 5 aromatic rings. The van der Waals surface area contributed by atoms with Gasteiger partial charge < -0.3 is 14.0 Å². The van der Waals surface area contributed by atoms with Crippen molar-refractivity contribution in [2.75, 3.05) is 12.0 Å². The van der Waals surface area contributed by atoms with Crippen LogP contribution in [0.5, 0.6) is 5.75 Å². The minimum absolute atomic E-state index is 0.0117. The fourth-order valence-corrected chi connectivity index (χ4v) is 7.47. The average molecular weight is 633 g/mol. The quantitative estimate of drug-likeness (QED) is 0.167. The molecule has 0 saturated heterocycles. The van der Waals surface area contributed by atoms with Gasteiger partial charge in [-0.2, -0.15) is 0 Å². The number of carbonyl (C=O) groups is 2. The van der Waals surface area contributed by atoms with Gasteiger partial charge in [0.05, 0.1) is 49.6 Å². The summed E-state index contributed by atoms with van der Waals surface area (Å²) in [4.78, 5) is 32.3.